The van der Waals surface area contributed by atoms with Gasteiger partial charge in [0, 0.05) is 0 Å². The van der Waals surface area contributed by atoms with E-state index in [1.54, 1.807) is 0 Å². The fourth-order valence-corrected chi connectivity index (χ4v) is 7.02. The third-order valence-electron chi connectivity index (χ3n) is 9.81. The second kappa shape index (κ2) is 36.7. The molecule has 0 aliphatic carbocycles. The molecule has 0 rings (SSSR count). The topological polar surface area (TPSA) is 20.2 Å². The third kappa shape index (κ3) is 36.6. The monoisotopic (exact) mass is 630 g/mol. The number of aliphatic hydroxyl groups excluding tert-OH is 1. The van der Waals surface area contributed by atoms with E-state index in [0.29, 0.717) is 0 Å². The second-order valence-electron chi connectivity index (χ2n) is 14.7. The number of aliphatic hydroxyl groups is 1. The van der Waals surface area contributed by atoms with E-state index in [2.05, 4.69) is 20.9 Å². The minimum Gasteiger partial charge on any atom is -1.00 e. The molecule has 0 bridgehead atoms. The van der Waals surface area contributed by atoms with Crippen molar-refractivity contribution in [2.75, 3.05) is 26.7 Å². The van der Waals surface area contributed by atoms with Crippen LogP contribution in [0.25, 0.3) is 0 Å². The Kier molecular flexibility index (Phi) is 38.7. The maximum atomic E-state index is 10.1. The van der Waals surface area contributed by atoms with Crippen molar-refractivity contribution in [2.24, 2.45) is 0 Å². The summed E-state index contributed by atoms with van der Waals surface area (Å²) in [5.74, 6) is 0. The summed E-state index contributed by atoms with van der Waals surface area (Å²) in [6.07, 6.45) is 45.7. The van der Waals surface area contributed by atoms with E-state index >= 15 is 0 Å². The first kappa shape index (κ1) is 45.3. The van der Waals surface area contributed by atoms with Crippen molar-refractivity contribution in [1.29, 1.82) is 0 Å². The minimum atomic E-state index is -0.183. The molecule has 0 spiro atoms. The van der Waals surface area contributed by atoms with Crippen molar-refractivity contribution in [3.05, 3.63) is 0 Å². The average Bonchev–Trinajstić information content (AvgIpc) is 2.96. The SMILES string of the molecule is CCCCCCCCCCCCCCCCCC[N+](C)(CCCCCCCCCCCCCCCCCC)CC(C)O.[Cl-]. The van der Waals surface area contributed by atoms with Crippen LogP contribution in [-0.2, 0) is 0 Å². The zero-order valence-corrected chi connectivity index (χ0v) is 31.4. The summed E-state index contributed by atoms with van der Waals surface area (Å²) in [6, 6.07) is 0. The molecule has 1 atom stereocenters. The molecule has 0 aromatic rings. The maximum absolute atomic E-state index is 10.1. The van der Waals surface area contributed by atoms with Crippen LogP contribution in [-0.4, -0.2) is 42.4 Å². The normalized spacial score (nSPS) is 12.5. The zero-order chi connectivity index (χ0) is 30.8. The van der Waals surface area contributed by atoms with Crippen molar-refractivity contribution in [3.8, 4) is 0 Å². The molecule has 1 N–H and O–H groups in total. The molecule has 0 aromatic carbocycles. The van der Waals surface area contributed by atoms with Crippen molar-refractivity contribution in [1.82, 2.24) is 0 Å². The largest absolute Gasteiger partial charge is 1.00 e. The molecule has 0 fully saturated rings. The summed E-state index contributed by atoms with van der Waals surface area (Å²) in [7, 11) is 2.41. The lowest BCUT2D eigenvalue weighted by Gasteiger charge is -2.36. The number of unbranched alkanes of at least 4 members (excludes halogenated alkanes) is 30. The summed E-state index contributed by atoms with van der Waals surface area (Å²) in [5.41, 5.74) is 0. The van der Waals surface area contributed by atoms with Crippen LogP contribution in [0, 0.1) is 0 Å². The zero-order valence-electron chi connectivity index (χ0n) is 30.6. The minimum absolute atomic E-state index is 0. The molecular weight excluding hydrogens is 546 g/mol. The van der Waals surface area contributed by atoms with Gasteiger partial charge in [0.2, 0.25) is 0 Å². The number of halogens is 1. The number of hydrogen-bond acceptors (Lipinski definition) is 1. The predicted octanol–water partition coefficient (Wildman–Crippen LogP) is 10.3. The molecule has 0 saturated heterocycles. The lowest BCUT2D eigenvalue weighted by Crippen LogP contribution is -3.00. The smallest absolute Gasteiger partial charge is 0.104 e. The Balaban J connectivity index is 0. The van der Waals surface area contributed by atoms with E-state index in [1.807, 2.05) is 6.92 Å². The summed E-state index contributed by atoms with van der Waals surface area (Å²) in [5, 5.41) is 10.1. The molecule has 0 heterocycles. The first-order chi connectivity index (χ1) is 20.5. The molecule has 0 radical (unpaired) electrons. The Morgan fingerprint density at radius 2 is 0.558 bits per heavy atom. The summed E-state index contributed by atoms with van der Waals surface area (Å²) >= 11 is 0. The van der Waals surface area contributed by atoms with Crippen LogP contribution in [0.3, 0.4) is 0 Å². The number of quaternary nitrogens is 1. The molecule has 0 aromatic heterocycles. The van der Waals surface area contributed by atoms with Gasteiger partial charge in [0.25, 0.3) is 0 Å². The van der Waals surface area contributed by atoms with E-state index in [1.165, 1.54) is 219 Å². The lowest BCUT2D eigenvalue weighted by atomic mass is 10.0. The van der Waals surface area contributed by atoms with Gasteiger partial charge in [0.05, 0.1) is 20.1 Å². The molecule has 2 nitrogen and oxygen atoms in total. The summed E-state index contributed by atoms with van der Waals surface area (Å²) in [4.78, 5) is 0. The van der Waals surface area contributed by atoms with E-state index < -0.39 is 0 Å². The molecule has 0 amide bonds. The van der Waals surface area contributed by atoms with Gasteiger partial charge in [-0.2, -0.15) is 0 Å². The van der Waals surface area contributed by atoms with Gasteiger partial charge in [-0.15, -0.1) is 0 Å². The van der Waals surface area contributed by atoms with E-state index in [4.69, 9.17) is 0 Å². The Morgan fingerprint density at radius 1 is 0.372 bits per heavy atom. The van der Waals surface area contributed by atoms with E-state index in [9.17, 15) is 5.11 Å². The second-order valence-corrected chi connectivity index (χ2v) is 14.7. The van der Waals surface area contributed by atoms with Gasteiger partial charge in [0.15, 0.2) is 0 Å². The fraction of sp³-hybridized carbons (Fsp3) is 1.00. The molecule has 43 heavy (non-hydrogen) atoms. The highest BCUT2D eigenvalue weighted by Crippen LogP contribution is 2.17. The fourth-order valence-electron chi connectivity index (χ4n) is 7.02. The van der Waals surface area contributed by atoms with E-state index in [0.717, 1.165) is 11.0 Å². The van der Waals surface area contributed by atoms with Gasteiger partial charge < -0.3 is 22.0 Å². The third-order valence-corrected chi connectivity index (χ3v) is 9.81. The Morgan fingerprint density at radius 3 is 0.744 bits per heavy atom. The molecule has 3 heteroatoms. The first-order valence-corrected chi connectivity index (χ1v) is 20.1. The summed E-state index contributed by atoms with van der Waals surface area (Å²) < 4.78 is 1.08. The van der Waals surface area contributed by atoms with Gasteiger partial charge >= 0.3 is 0 Å². The van der Waals surface area contributed by atoms with Gasteiger partial charge in [-0.1, -0.05) is 194 Å². The molecule has 1 unspecified atom stereocenters. The van der Waals surface area contributed by atoms with Crippen LogP contribution in [0.4, 0.5) is 0 Å². The predicted molar refractivity (Wildman–Crippen MR) is 192 cm³/mol. The van der Waals surface area contributed by atoms with Gasteiger partial charge in [-0.05, 0) is 32.6 Å². The number of nitrogens with zero attached hydrogens (tertiary/aromatic N) is 1. The van der Waals surface area contributed by atoms with E-state index in [-0.39, 0.29) is 18.5 Å². The Hall–Kier alpha value is 0.210. The Bertz CT molecular complexity index is 461. The number of hydrogen-bond donors (Lipinski definition) is 1. The molecule has 0 aliphatic rings. The van der Waals surface area contributed by atoms with Crippen molar-refractivity contribution in [3.63, 3.8) is 0 Å². The van der Waals surface area contributed by atoms with Crippen LogP contribution in [0.15, 0.2) is 0 Å². The van der Waals surface area contributed by atoms with Crippen LogP contribution in [0.1, 0.15) is 226 Å². The quantitative estimate of drug-likeness (QED) is 0.0540. The van der Waals surface area contributed by atoms with Gasteiger partial charge in [0.1, 0.15) is 12.6 Å². The molecule has 262 valence electrons. The molecule has 0 saturated carbocycles. The summed E-state index contributed by atoms with van der Waals surface area (Å²) in [6.45, 7) is 10.0. The highest BCUT2D eigenvalue weighted by molar-refractivity contribution is 4.54. The molecular formula is C40H84ClNO. The lowest BCUT2D eigenvalue weighted by molar-refractivity contribution is -0.912. The van der Waals surface area contributed by atoms with Crippen LogP contribution in [0.2, 0.25) is 0 Å². The highest BCUT2D eigenvalue weighted by atomic mass is 35.5. The van der Waals surface area contributed by atoms with Crippen molar-refractivity contribution in [2.45, 2.75) is 232 Å². The van der Waals surface area contributed by atoms with Crippen molar-refractivity contribution < 1.29 is 22.0 Å². The van der Waals surface area contributed by atoms with Crippen molar-refractivity contribution >= 4 is 0 Å². The first-order valence-electron chi connectivity index (χ1n) is 20.1. The standard InChI is InChI=1S/C40H84NO.ClH/c1-5-7-9-11-13-15-17-19-21-23-25-27-29-31-33-35-37-41(4,39-40(3)42)38-36-34-32-30-28-26-24-22-20-18-16-14-12-10-8-6-2;/h40,42H,5-39H2,1-4H3;1H/q+1;/p-1. The molecule has 0 aliphatic heterocycles. The van der Waals surface area contributed by atoms with Gasteiger partial charge in [-0.3, -0.25) is 0 Å². The highest BCUT2D eigenvalue weighted by Gasteiger charge is 2.22. The van der Waals surface area contributed by atoms with Crippen LogP contribution >= 0.6 is 0 Å². The number of likely N-dealkylation sites (N-methyl/N-ethyl adjacent to an activating group) is 1. The average molecular weight is 631 g/mol. The van der Waals surface area contributed by atoms with Gasteiger partial charge in [-0.25, -0.2) is 0 Å². The maximum Gasteiger partial charge on any atom is 0.104 e. The number of rotatable bonds is 36. The van der Waals surface area contributed by atoms with Crippen LogP contribution < -0.4 is 12.4 Å². The Labute approximate surface area is 280 Å². The van der Waals surface area contributed by atoms with Crippen LogP contribution in [0.5, 0.6) is 0 Å².